The summed E-state index contributed by atoms with van der Waals surface area (Å²) in [6.07, 6.45) is 1.85. The smallest absolute Gasteiger partial charge is 0.272 e. The van der Waals surface area contributed by atoms with Crippen molar-refractivity contribution in [3.63, 3.8) is 0 Å². The van der Waals surface area contributed by atoms with Crippen molar-refractivity contribution in [2.75, 3.05) is 31.1 Å². The Hall–Kier alpha value is -4.14. The van der Waals surface area contributed by atoms with Crippen LogP contribution in [0.15, 0.2) is 54.6 Å². The molecule has 2 aromatic carbocycles. The number of nitrogens with one attached hydrogen (secondary N) is 1. The topological polar surface area (TPSA) is 96.8 Å². The van der Waals surface area contributed by atoms with Gasteiger partial charge in [0.15, 0.2) is 0 Å². The molecule has 1 spiro atoms. The van der Waals surface area contributed by atoms with Crippen molar-refractivity contribution in [3.05, 3.63) is 77.1 Å². The van der Waals surface area contributed by atoms with Crippen LogP contribution in [0.1, 0.15) is 60.0 Å². The fourth-order valence-electron chi connectivity index (χ4n) is 6.58. The number of amides is 3. The maximum Gasteiger partial charge on any atom is 0.272 e. The minimum Gasteiger partial charge on any atom is -0.494 e. The van der Waals surface area contributed by atoms with Crippen LogP contribution in [-0.2, 0) is 28.5 Å². The molecule has 4 bridgehead atoms. The van der Waals surface area contributed by atoms with E-state index in [0.717, 1.165) is 28.9 Å². The molecule has 40 heavy (non-hydrogen) atoms. The molecule has 0 saturated carbocycles. The summed E-state index contributed by atoms with van der Waals surface area (Å²) in [5.41, 5.74) is 2.74. The van der Waals surface area contributed by atoms with Crippen LogP contribution in [0.25, 0.3) is 0 Å². The van der Waals surface area contributed by atoms with Gasteiger partial charge in [-0.1, -0.05) is 44.2 Å². The standard InChI is InChI=1S/C31H35N5O4/c1-20(2)16-22-18-26(34(3)33-22)29(38)35-14-12-31-24-10-4-5-11-25(24)36(30(31)39)19-27(37)32-13-7-15-40-23-9-6-8-21(17-23)28(31)35/h4-6,8-11,17-18,20,28H,7,12-16,19H2,1-3H3,(H,32,37)/t28-,31+/m0/s1. The van der Waals surface area contributed by atoms with Gasteiger partial charge in [0.05, 0.1) is 18.3 Å². The number of fused-ring (bicyclic) bond motifs is 6. The Morgan fingerprint density at radius 1 is 1.15 bits per heavy atom. The molecule has 9 heteroatoms. The Morgan fingerprint density at radius 2 is 1.98 bits per heavy atom. The van der Waals surface area contributed by atoms with Crippen LogP contribution < -0.4 is 15.0 Å². The number of carbonyl (C=O) groups is 3. The van der Waals surface area contributed by atoms with Crippen molar-refractivity contribution in [2.24, 2.45) is 13.0 Å². The molecule has 1 aromatic heterocycles. The highest BCUT2D eigenvalue weighted by molar-refractivity contribution is 6.12. The predicted molar refractivity (Wildman–Crippen MR) is 150 cm³/mol. The number of hydrogen-bond donors (Lipinski definition) is 1. The van der Waals surface area contributed by atoms with Gasteiger partial charge in [-0.2, -0.15) is 5.10 Å². The van der Waals surface area contributed by atoms with Gasteiger partial charge in [0.1, 0.15) is 23.4 Å². The van der Waals surface area contributed by atoms with Crippen molar-refractivity contribution in [2.45, 2.75) is 44.6 Å². The zero-order chi connectivity index (χ0) is 28.0. The molecule has 208 valence electrons. The first-order valence-corrected chi connectivity index (χ1v) is 14.0. The first-order valence-electron chi connectivity index (χ1n) is 14.0. The van der Waals surface area contributed by atoms with Gasteiger partial charge in [0, 0.05) is 25.8 Å². The number of carbonyl (C=O) groups excluding carboxylic acids is 3. The molecule has 9 nitrogen and oxygen atoms in total. The van der Waals surface area contributed by atoms with Gasteiger partial charge in [-0.3, -0.25) is 19.1 Å². The lowest BCUT2D eigenvalue weighted by Gasteiger charge is -2.35. The van der Waals surface area contributed by atoms with Gasteiger partial charge in [-0.25, -0.2) is 0 Å². The fraction of sp³-hybridized carbons (Fsp3) is 0.419. The highest BCUT2D eigenvalue weighted by atomic mass is 16.5. The van der Waals surface area contributed by atoms with E-state index in [1.165, 1.54) is 0 Å². The van der Waals surface area contributed by atoms with Crippen molar-refractivity contribution >= 4 is 23.4 Å². The third kappa shape index (κ3) is 4.24. The number of nitrogens with zero attached hydrogens (tertiary/aromatic N) is 4. The van der Waals surface area contributed by atoms with E-state index in [-0.39, 0.29) is 24.3 Å². The predicted octanol–water partition coefficient (Wildman–Crippen LogP) is 3.39. The number of hydrogen-bond acceptors (Lipinski definition) is 5. The van der Waals surface area contributed by atoms with E-state index in [2.05, 4.69) is 24.3 Å². The number of para-hydroxylation sites is 1. The summed E-state index contributed by atoms with van der Waals surface area (Å²) in [4.78, 5) is 45.1. The Balaban J connectivity index is 1.51. The molecule has 3 aromatic rings. The van der Waals surface area contributed by atoms with Crippen molar-refractivity contribution in [3.8, 4) is 5.75 Å². The van der Waals surface area contributed by atoms with E-state index in [1.54, 1.807) is 16.6 Å². The number of anilines is 1. The Kier molecular flexibility index (Phi) is 6.60. The van der Waals surface area contributed by atoms with Crippen LogP contribution in [0.2, 0.25) is 0 Å². The second-order valence-corrected chi connectivity index (χ2v) is 11.4. The number of benzene rings is 2. The number of aromatic nitrogens is 2. The summed E-state index contributed by atoms with van der Waals surface area (Å²) in [5, 5.41) is 7.53. The summed E-state index contributed by atoms with van der Waals surface area (Å²) in [6, 6.07) is 16.7. The van der Waals surface area contributed by atoms with E-state index in [9.17, 15) is 14.4 Å². The molecule has 2 atom stereocenters. The Morgan fingerprint density at radius 3 is 2.80 bits per heavy atom. The van der Waals surface area contributed by atoms with Crippen molar-refractivity contribution < 1.29 is 19.1 Å². The zero-order valence-corrected chi connectivity index (χ0v) is 23.2. The molecular formula is C31H35N5O4. The molecule has 0 unspecified atom stereocenters. The summed E-state index contributed by atoms with van der Waals surface area (Å²) in [6.45, 7) is 5.47. The van der Waals surface area contributed by atoms with Gasteiger partial charge >= 0.3 is 0 Å². The van der Waals surface area contributed by atoms with Gasteiger partial charge in [-0.15, -0.1) is 0 Å². The van der Waals surface area contributed by atoms with Crippen LogP contribution in [0, 0.1) is 5.92 Å². The molecule has 3 aliphatic heterocycles. The largest absolute Gasteiger partial charge is 0.494 e. The molecule has 4 heterocycles. The van der Waals surface area contributed by atoms with Crippen molar-refractivity contribution in [1.29, 1.82) is 0 Å². The van der Waals surface area contributed by atoms with Gasteiger partial charge in [0.2, 0.25) is 11.8 Å². The normalized spacial score (nSPS) is 22.4. The maximum absolute atomic E-state index is 14.5. The second-order valence-electron chi connectivity index (χ2n) is 11.4. The average molecular weight is 542 g/mol. The lowest BCUT2D eigenvalue weighted by atomic mass is 9.72. The van der Waals surface area contributed by atoms with Gasteiger partial charge in [0.25, 0.3) is 5.91 Å². The van der Waals surface area contributed by atoms with E-state index >= 15 is 0 Å². The summed E-state index contributed by atoms with van der Waals surface area (Å²) >= 11 is 0. The molecule has 3 aliphatic rings. The van der Waals surface area contributed by atoms with E-state index in [0.29, 0.717) is 49.9 Å². The lowest BCUT2D eigenvalue weighted by molar-refractivity contribution is -0.127. The van der Waals surface area contributed by atoms with Crippen LogP contribution in [0.3, 0.4) is 0 Å². The Bertz CT molecular complexity index is 1480. The molecule has 0 radical (unpaired) electrons. The molecule has 6 rings (SSSR count). The van der Waals surface area contributed by atoms with Gasteiger partial charge < -0.3 is 19.9 Å². The van der Waals surface area contributed by atoms with Crippen molar-refractivity contribution in [1.82, 2.24) is 20.0 Å². The molecule has 1 N–H and O–H groups in total. The van der Waals surface area contributed by atoms with Crippen LogP contribution in [0.5, 0.6) is 5.75 Å². The monoisotopic (exact) mass is 541 g/mol. The molecule has 0 aliphatic carbocycles. The van der Waals surface area contributed by atoms with Gasteiger partial charge in [-0.05, 0) is 60.6 Å². The first kappa shape index (κ1) is 26.1. The number of aryl methyl sites for hydroxylation is 1. The summed E-state index contributed by atoms with van der Waals surface area (Å²) in [5.74, 6) is 0.543. The Labute approximate surface area is 234 Å². The van der Waals surface area contributed by atoms with Crippen LogP contribution in [0.4, 0.5) is 5.69 Å². The number of ether oxygens (including phenoxy) is 1. The molecule has 3 amide bonds. The minimum atomic E-state index is -1.03. The van der Waals surface area contributed by atoms with E-state index in [1.807, 2.05) is 59.5 Å². The minimum absolute atomic E-state index is 0.0700. The molecular weight excluding hydrogens is 506 g/mol. The molecule has 1 fully saturated rings. The lowest BCUT2D eigenvalue weighted by Crippen LogP contribution is -2.48. The first-order chi connectivity index (χ1) is 19.3. The average Bonchev–Trinajstić information content (AvgIpc) is 3.57. The maximum atomic E-state index is 14.5. The second kappa shape index (κ2) is 10.1. The van der Waals surface area contributed by atoms with Crippen LogP contribution >= 0.6 is 0 Å². The number of rotatable bonds is 3. The SMILES string of the molecule is CC(C)Cc1cc(C(=O)N2CC[C@]34C(=O)N(CC(=O)NCCCOc5cccc(c5)[C@H]23)c2ccccc24)n(C)n1. The van der Waals surface area contributed by atoms with Crippen LogP contribution in [-0.4, -0.2) is 58.6 Å². The quantitative estimate of drug-likeness (QED) is 0.549. The zero-order valence-electron chi connectivity index (χ0n) is 23.2. The third-order valence-electron chi connectivity index (χ3n) is 8.24. The highest BCUT2D eigenvalue weighted by Gasteiger charge is 2.62. The third-order valence-corrected chi connectivity index (χ3v) is 8.24. The highest BCUT2D eigenvalue weighted by Crippen LogP contribution is 2.57. The summed E-state index contributed by atoms with van der Waals surface area (Å²) in [7, 11) is 1.79. The summed E-state index contributed by atoms with van der Waals surface area (Å²) < 4.78 is 7.67. The van der Waals surface area contributed by atoms with E-state index < -0.39 is 11.5 Å². The van der Waals surface area contributed by atoms with E-state index in [4.69, 9.17) is 4.74 Å². The molecule has 1 saturated heterocycles. The number of likely N-dealkylation sites (tertiary alicyclic amines) is 1. The fourth-order valence-corrected chi connectivity index (χ4v) is 6.58.